The second-order valence-corrected chi connectivity index (χ2v) is 9.69. The molecule has 27 heavy (non-hydrogen) atoms. The summed E-state index contributed by atoms with van der Waals surface area (Å²) in [6.45, 7) is 3.94. The van der Waals surface area contributed by atoms with Crippen LogP contribution in [0.4, 0.5) is 0 Å². The van der Waals surface area contributed by atoms with Crippen molar-refractivity contribution in [2.45, 2.75) is 77.6 Å². The first-order valence-corrected chi connectivity index (χ1v) is 12.2. The van der Waals surface area contributed by atoms with Gasteiger partial charge in [0.25, 0.3) is 7.82 Å². The second-order valence-electron chi connectivity index (χ2n) is 8.28. The topological polar surface area (TPSA) is 67.8 Å². The van der Waals surface area contributed by atoms with E-state index in [1.807, 2.05) is 21.1 Å². The quantitative estimate of drug-likeness (QED) is 0.168. The zero-order chi connectivity index (χ0) is 20.4. The van der Waals surface area contributed by atoms with E-state index in [4.69, 9.17) is 13.8 Å². The molecule has 0 aliphatic heterocycles. The molecular formula is C20H44NO5P. The average Bonchev–Trinajstić information content (AvgIpc) is 2.57. The molecule has 6 nitrogen and oxygen atoms in total. The van der Waals surface area contributed by atoms with Gasteiger partial charge in [-0.3, -0.25) is 4.57 Å². The lowest BCUT2D eigenvalue weighted by molar-refractivity contribution is -0.870. The number of unbranched alkanes of at least 4 members (excludes halogenated alkanes) is 10. The van der Waals surface area contributed by atoms with Crippen molar-refractivity contribution in [3.8, 4) is 0 Å². The van der Waals surface area contributed by atoms with E-state index >= 15 is 0 Å². The van der Waals surface area contributed by atoms with Crippen molar-refractivity contribution >= 4 is 7.82 Å². The Kier molecular flexibility index (Phi) is 17.0. The van der Waals surface area contributed by atoms with Crippen LogP contribution in [0.5, 0.6) is 0 Å². The summed E-state index contributed by atoms with van der Waals surface area (Å²) in [5.41, 5.74) is 0. The van der Waals surface area contributed by atoms with Crippen molar-refractivity contribution < 1.29 is 27.7 Å². The molecule has 0 N–H and O–H groups in total. The molecule has 0 fully saturated rings. The third kappa shape index (κ3) is 22.2. The van der Waals surface area contributed by atoms with Crippen LogP contribution in [0.25, 0.3) is 0 Å². The van der Waals surface area contributed by atoms with Gasteiger partial charge in [-0.2, -0.15) is 0 Å². The highest BCUT2D eigenvalue weighted by Gasteiger charge is 2.13. The largest absolute Gasteiger partial charge is 0.756 e. The molecule has 0 aliphatic carbocycles. The van der Waals surface area contributed by atoms with Gasteiger partial charge in [-0.25, -0.2) is 0 Å². The number of phosphoric ester groups is 1. The van der Waals surface area contributed by atoms with E-state index in [0.29, 0.717) is 17.6 Å². The third-order valence-electron chi connectivity index (χ3n) is 4.38. The fourth-order valence-corrected chi connectivity index (χ4v) is 3.32. The minimum Gasteiger partial charge on any atom is -0.756 e. The highest BCUT2D eigenvalue weighted by atomic mass is 31.2. The molecule has 0 amide bonds. The van der Waals surface area contributed by atoms with Gasteiger partial charge >= 0.3 is 0 Å². The lowest BCUT2D eigenvalue weighted by Crippen LogP contribution is -2.37. The van der Waals surface area contributed by atoms with Crippen molar-refractivity contribution in [2.24, 2.45) is 0 Å². The second kappa shape index (κ2) is 16.9. The van der Waals surface area contributed by atoms with Crippen LogP contribution >= 0.6 is 7.82 Å². The summed E-state index contributed by atoms with van der Waals surface area (Å²) in [5, 5.41) is 0. The van der Waals surface area contributed by atoms with Crippen molar-refractivity contribution in [2.75, 3.05) is 54.1 Å². The number of rotatable bonds is 20. The number of hydrogen-bond donors (Lipinski definition) is 0. The zero-order valence-corrected chi connectivity index (χ0v) is 19.1. The lowest BCUT2D eigenvalue weighted by Gasteiger charge is -2.27. The van der Waals surface area contributed by atoms with Crippen molar-refractivity contribution in [1.29, 1.82) is 0 Å². The smallest absolute Gasteiger partial charge is 0.268 e. The van der Waals surface area contributed by atoms with Crippen LogP contribution in [-0.2, 0) is 18.3 Å². The molecule has 1 atom stereocenters. The third-order valence-corrected chi connectivity index (χ3v) is 5.38. The normalized spacial score (nSPS) is 14.4. The molecule has 0 heterocycles. The molecule has 0 saturated heterocycles. The van der Waals surface area contributed by atoms with Crippen molar-refractivity contribution in [3.05, 3.63) is 0 Å². The van der Waals surface area contributed by atoms with E-state index in [2.05, 4.69) is 6.92 Å². The predicted molar refractivity (Wildman–Crippen MR) is 110 cm³/mol. The molecule has 0 aromatic heterocycles. The first-order chi connectivity index (χ1) is 12.8. The fourth-order valence-electron chi connectivity index (χ4n) is 2.64. The van der Waals surface area contributed by atoms with Crippen LogP contribution in [0.3, 0.4) is 0 Å². The van der Waals surface area contributed by atoms with Gasteiger partial charge in [0, 0.05) is 6.61 Å². The van der Waals surface area contributed by atoms with E-state index in [0.717, 1.165) is 6.42 Å². The Labute approximate surface area is 167 Å². The van der Waals surface area contributed by atoms with E-state index in [-0.39, 0.29) is 19.8 Å². The van der Waals surface area contributed by atoms with Crippen LogP contribution in [-0.4, -0.2) is 58.6 Å². The minimum atomic E-state index is -4.21. The van der Waals surface area contributed by atoms with E-state index in [1.54, 1.807) is 0 Å². The van der Waals surface area contributed by atoms with Gasteiger partial charge in [-0.1, -0.05) is 71.1 Å². The summed E-state index contributed by atoms with van der Waals surface area (Å²) in [7, 11) is 1.72. The molecule has 0 radical (unpaired) electrons. The summed E-state index contributed by atoms with van der Waals surface area (Å²) >= 11 is 0. The van der Waals surface area contributed by atoms with Crippen molar-refractivity contribution in [3.63, 3.8) is 0 Å². The number of phosphoric acid groups is 1. The summed E-state index contributed by atoms with van der Waals surface area (Å²) in [5.74, 6) is 0. The molecule has 0 saturated carbocycles. The van der Waals surface area contributed by atoms with Gasteiger partial charge in [0.15, 0.2) is 0 Å². The first kappa shape index (κ1) is 27.0. The van der Waals surface area contributed by atoms with Crippen LogP contribution < -0.4 is 4.89 Å². The Balaban J connectivity index is 3.31. The molecule has 0 aromatic rings. The Morgan fingerprint density at radius 1 is 0.704 bits per heavy atom. The summed E-state index contributed by atoms with van der Waals surface area (Å²) in [4.78, 5) is 11.6. The van der Waals surface area contributed by atoms with Gasteiger partial charge in [0.1, 0.15) is 13.2 Å². The van der Waals surface area contributed by atoms with Crippen LogP contribution in [0.2, 0.25) is 0 Å². The molecule has 0 spiro atoms. The van der Waals surface area contributed by atoms with Gasteiger partial charge in [-0.15, -0.1) is 0 Å². The highest BCUT2D eigenvalue weighted by molar-refractivity contribution is 7.45. The number of nitrogens with zero attached hydrogens (tertiary/aromatic N) is 1. The van der Waals surface area contributed by atoms with Gasteiger partial charge in [0.05, 0.1) is 34.4 Å². The molecule has 0 bridgehead atoms. The number of hydrogen-bond acceptors (Lipinski definition) is 5. The van der Waals surface area contributed by atoms with E-state index < -0.39 is 7.82 Å². The molecule has 7 heteroatoms. The zero-order valence-electron chi connectivity index (χ0n) is 18.2. The lowest BCUT2D eigenvalue weighted by atomic mass is 10.1. The number of ether oxygens (including phenoxy) is 1. The molecular weight excluding hydrogens is 365 g/mol. The van der Waals surface area contributed by atoms with Gasteiger partial charge in [0.2, 0.25) is 0 Å². The molecule has 0 aromatic carbocycles. The SMILES string of the molecule is CCCCCCCCCCCCCOCCOP(=O)([O-])OCC[N+](C)(C)C. The maximum absolute atomic E-state index is 11.6. The Bertz CT molecular complexity index is 374. The molecule has 0 aliphatic rings. The van der Waals surface area contributed by atoms with Gasteiger partial charge < -0.3 is 23.2 Å². The van der Waals surface area contributed by atoms with Gasteiger partial charge in [-0.05, 0) is 6.42 Å². The van der Waals surface area contributed by atoms with Crippen LogP contribution in [0.15, 0.2) is 0 Å². The Hall–Kier alpha value is 0.0300. The molecule has 164 valence electrons. The monoisotopic (exact) mass is 409 g/mol. The molecule has 1 unspecified atom stereocenters. The predicted octanol–water partition coefficient (Wildman–Crippen LogP) is 4.52. The van der Waals surface area contributed by atoms with Crippen LogP contribution in [0.1, 0.15) is 77.6 Å². The first-order valence-electron chi connectivity index (χ1n) is 10.7. The maximum Gasteiger partial charge on any atom is 0.268 e. The highest BCUT2D eigenvalue weighted by Crippen LogP contribution is 2.37. The van der Waals surface area contributed by atoms with E-state index in [1.165, 1.54) is 64.2 Å². The summed E-state index contributed by atoms with van der Waals surface area (Å²) in [6, 6.07) is 0. The Morgan fingerprint density at radius 3 is 1.70 bits per heavy atom. The Morgan fingerprint density at radius 2 is 1.19 bits per heavy atom. The fraction of sp³-hybridized carbons (Fsp3) is 1.00. The standard InChI is InChI=1S/C20H44NO5P/c1-5-6-7-8-9-10-11-12-13-14-15-17-24-19-20-26-27(22,23)25-18-16-21(2,3)4/h5-20H2,1-4H3. The van der Waals surface area contributed by atoms with Crippen LogP contribution in [0, 0.1) is 0 Å². The maximum atomic E-state index is 11.6. The minimum absolute atomic E-state index is 0.0170. The van der Waals surface area contributed by atoms with E-state index in [9.17, 15) is 9.46 Å². The average molecular weight is 410 g/mol. The summed E-state index contributed by atoms with van der Waals surface area (Å²) < 4.78 is 27.3. The molecule has 0 rings (SSSR count). The van der Waals surface area contributed by atoms with Crippen molar-refractivity contribution in [1.82, 2.24) is 0 Å². The number of likely N-dealkylation sites (N-methyl/N-ethyl adjacent to an activating group) is 1. The summed E-state index contributed by atoms with van der Waals surface area (Å²) in [6.07, 6.45) is 14.3. The number of quaternary nitrogens is 1.